The Morgan fingerprint density at radius 3 is 2.67 bits per heavy atom. The molecule has 0 aliphatic heterocycles. The van der Waals surface area contributed by atoms with Gasteiger partial charge in [0.05, 0.1) is 23.5 Å². The number of fused-ring (bicyclic) bond motifs is 1. The maximum absolute atomic E-state index is 12.7. The average Bonchev–Trinajstić information content (AvgIpc) is 3.35. The summed E-state index contributed by atoms with van der Waals surface area (Å²) in [4.78, 5) is 33.5. The molecule has 3 aromatic heterocycles. The first kappa shape index (κ1) is 27.2. The van der Waals surface area contributed by atoms with Crippen LogP contribution in [0.3, 0.4) is 0 Å². The lowest BCUT2D eigenvalue weighted by Crippen LogP contribution is -2.38. The molecule has 0 radical (unpaired) electrons. The SMILES string of the molecule is C=CC(=O)Nc1cncc(-c2cnc3c(c2)c(-c2cccc(C#N)c2)cn3[C@H](C)OC(=O)C(N)C(C)CC)c1. The van der Waals surface area contributed by atoms with Gasteiger partial charge in [-0.25, -0.2) is 4.98 Å². The monoisotopic (exact) mass is 522 g/mol. The van der Waals surface area contributed by atoms with Crippen molar-refractivity contribution in [3.05, 3.63) is 79.4 Å². The van der Waals surface area contributed by atoms with Crippen LogP contribution in [0.1, 0.15) is 39.0 Å². The standard InChI is InChI=1S/C30H30N6O3/c1-5-18(3)28(32)30(38)39-19(4)36-17-26(21-9-7-8-20(10-21)13-31)25-12-23(15-34-29(25)36)22-11-24(16-33-14-22)35-27(37)6-2/h6-12,14-19,28H,2,5,32H2,1,3-4H3,(H,35,37)/t18?,19-,28?/m0/s1. The summed E-state index contributed by atoms with van der Waals surface area (Å²) < 4.78 is 7.54. The molecule has 0 spiro atoms. The van der Waals surface area contributed by atoms with Gasteiger partial charge in [-0.3, -0.25) is 19.1 Å². The van der Waals surface area contributed by atoms with Crippen molar-refractivity contribution in [2.75, 3.05) is 5.32 Å². The van der Waals surface area contributed by atoms with Crippen molar-refractivity contribution < 1.29 is 14.3 Å². The average molecular weight is 523 g/mol. The molecule has 9 heteroatoms. The van der Waals surface area contributed by atoms with Gasteiger partial charge >= 0.3 is 5.97 Å². The molecule has 2 unspecified atom stereocenters. The molecule has 1 amide bonds. The van der Waals surface area contributed by atoms with E-state index < -0.39 is 18.2 Å². The normalized spacial score (nSPS) is 13.2. The van der Waals surface area contributed by atoms with Gasteiger partial charge in [0, 0.05) is 40.7 Å². The van der Waals surface area contributed by atoms with Crippen molar-refractivity contribution in [3.8, 4) is 28.3 Å². The number of nitrogens with one attached hydrogen (secondary N) is 1. The third-order valence-corrected chi connectivity index (χ3v) is 6.70. The summed E-state index contributed by atoms with van der Waals surface area (Å²) in [5, 5.41) is 13.0. The zero-order chi connectivity index (χ0) is 28.1. The summed E-state index contributed by atoms with van der Waals surface area (Å²) in [6.07, 6.45) is 8.06. The van der Waals surface area contributed by atoms with Crippen molar-refractivity contribution in [2.24, 2.45) is 11.7 Å². The van der Waals surface area contributed by atoms with E-state index in [1.807, 2.05) is 38.2 Å². The van der Waals surface area contributed by atoms with E-state index in [2.05, 4.69) is 22.9 Å². The fourth-order valence-electron chi connectivity index (χ4n) is 4.20. The second kappa shape index (κ2) is 11.7. The maximum Gasteiger partial charge on any atom is 0.325 e. The minimum Gasteiger partial charge on any atom is -0.440 e. The summed E-state index contributed by atoms with van der Waals surface area (Å²) in [6.45, 7) is 9.13. The molecule has 3 atom stereocenters. The molecule has 4 aromatic rings. The van der Waals surface area contributed by atoms with Gasteiger partial charge in [0.25, 0.3) is 0 Å². The Morgan fingerprint density at radius 2 is 1.95 bits per heavy atom. The number of hydrogen-bond donors (Lipinski definition) is 2. The first-order valence-electron chi connectivity index (χ1n) is 12.6. The highest BCUT2D eigenvalue weighted by Gasteiger charge is 2.25. The number of benzene rings is 1. The van der Waals surface area contributed by atoms with Crippen LogP contribution in [0.2, 0.25) is 0 Å². The van der Waals surface area contributed by atoms with E-state index in [1.54, 1.807) is 48.3 Å². The Bertz CT molecular complexity index is 1590. The minimum absolute atomic E-state index is 0.0169. The van der Waals surface area contributed by atoms with Crippen LogP contribution >= 0.6 is 0 Å². The number of amides is 1. The highest BCUT2D eigenvalue weighted by molar-refractivity contribution is 5.99. The van der Waals surface area contributed by atoms with Gasteiger partial charge in [0.1, 0.15) is 11.7 Å². The molecule has 0 bridgehead atoms. The topological polar surface area (TPSA) is 136 Å². The number of nitriles is 1. The van der Waals surface area contributed by atoms with Gasteiger partial charge in [-0.05, 0) is 48.7 Å². The van der Waals surface area contributed by atoms with Gasteiger partial charge in [-0.2, -0.15) is 5.26 Å². The molecule has 0 aliphatic carbocycles. The second-order valence-corrected chi connectivity index (χ2v) is 9.34. The van der Waals surface area contributed by atoms with Crippen LogP contribution in [0.5, 0.6) is 0 Å². The molecule has 0 fully saturated rings. The Balaban J connectivity index is 1.80. The number of rotatable bonds is 9. The smallest absolute Gasteiger partial charge is 0.325 e. The van der Waals surface area contributed by atoms with E-state index in [-0.39, 0.29) is 11.8 Å². The fraction of sp³-hybridized carbons (Fsp3) is 0.233. The van der Waals surface area contributed by atoms with E-state index >= 15 is 0 Å². The molecule has 4 rings (SSSR count). The molecule has 198 valence electrons. The zero-order valence-electron chi connectivity index (χ0n) is 22.1. The van der Waals surface area contributed by atoms with Crippen LogP contribution < -0.4 is 11.1 Å². The third kappa shape index (κ3) is 5.87. The van der Waals surface area contributed by atoms with Crippen molar-refractivity contribution in [1.29, 1.82) is 5.26 Å². The summed E-state index contributed by atoms with van der Waals surface area (Å²) >= 11 is 0. The number of ether oxygens (including phenoxy) is 1. The van der Waals surface area contributed by atoms with Crippen molar-refractivity contribution >= 4 is 28.6 Å². The summed E-state index contributed by atoms with van der Waals surface area (Å²) in [5.41, 5.74) is 10.9. The third-order valence-electron chi connectivity index (χ3n) is 6.70. The highest BCUT2D eigenvalue weighted by Crippen LogP contribution is 2.35. The predicted molar refractivity (Wildman–Crippen MR) is 150 cm³/mol. The Hall–Kier alpha value is -4.81. The number of pyridine rings is 2. The van der Waals surface area contributed by atoms with E-state index in [1.165, 1.54) is 6.08 Å². The highest BCUT2D eigenvalue weighted by atomic mass is 16.6. The summed E-state index contributed by atoms with van der Waals surface area (Å²) in [6, 6.07) is 12.5. The lowest BCUT2D eigenvalue weighted by atomic mass is 10.0. The minimum atomic E-state index is -0.730. The first-order valence-corrected chi connectivity index (χ1v) is 12.6. The number of anilines is 1. The number of nitrogens with two attached hydrogens (primary N) is 1. The molecule has 0 aliphatic rings. The lowest BCUT2D eigenvalue weighted by molar-refractivity contribution is -0.155. The predicted octanol–water partition coefficient (Wildman–Crippen LogP) is 5.20. The van der Waals surface area contributed by atoms with E-state index in [0.717, 1.165) is 34.1 Å². The Morgan fingerprint density at radius 1 is 1.18 bits per heavy atom. The largest absolute Gasteiger partial charge is 0.440 e. The molecular formula is C30H30N6O3. The quantitative estimate of drug-likeness (QED) is 0.228. The lowest BCUT2D eigenvalue weighted by Gasteiger charge is -2.21. The summed E-state index contributed by atoms with van der Waals surface area (Å²) in [7, 11) is 0. The summed E-state index contributed by atoms with van der Waals surface area (Å²) in [5.74, 6) is -0.833. The molecule has 0 saturated heterocycles. The number of esters is 1. The fourth-order valence-corrected chi connectivity index (χ4v) is 4.20. The Labute approximate surface area is 226 Å². The van der Waals surface area contributed by atoms with Crippen molar-refractivity contribution in [2.45, 2.75) is 39.5 Å². The van der Waals surface area contributed by atoms with Crippen LogP contribution in [0.4, 0.5) is 5.69 Å². The molecule has 9 nitrogen and oxygen atoms in total. The Kier molecular flexibility index (Phi) is 8.18. The second-order valence-electron chi connectivity index (χ2n) is 9.34. The number of hydrogen-bond acceptors (Lipinski definition) is 7. The van der Waals surface area contributed by atoms with Gasteiger partial charge in [0.2, 0.25) is 5.91 Å². The van der Waals surface area contributed by atoms with Gasteiger partial charge in [-0.1, -0.05) is 39.0 Å². The number of nitrogens with zero attached hydrogens (tertiary/aromatic N) is 4. The number of carbonyl (C=O) groups excluding carboxylic acids is 2. The number of carbonyl (C=O) groups is 2. The molecule has 0 saturated carbocycles. The first-order chi connectivity index (χ1) is 18.7. The molecule has 1 aromatic carbocycles. The maximum atomic E-state index is 12.7. The molecular weight excluding hydrogens is 492 g/mol. The van der Waals surface area contributed by atoms with Crippen LogP contribution in [0.25, 0.3) is 33.3 Å². The zero-order valence-corrected chi connectivity index (χ0v) is 22.1. The van der Waals surface area contributed by atoms with Gasteiger partial charge in [-0.15, -0.1) is 0 Å². The van der Waals surface area contributed by atoms with Crippen LogP contribution in [-0.2, 0) is 14.3 Å². The van der Waals surface area contributed by atoms with Crippen molar-refractivity contribution in [3.63, 3.8) is 0 Å². The molecule has 3 N–H and O–H groups in total. The van der Waals surface area contributed by atoms with E-state index in [9.17, 15) is 14.9 Å². The van der Waals surface area contributed by atoms with Crippen molar-refractivity contribution in [1.82, 2.24) is 14.5 Å². The van der Waals surface area contributed by atoms with E-state index in [4.69, 9.17) is 15.5 Å². The number of aromatic nitrogens is 3. The van der Waals surface area contributed by atoms with Crippen LogP contribution in [-0.4, -0.2) is 32.5 Å². The van der Waals surface area contributed by atoms with Crippen LogP contribution in [0, 0.1) is 17.2 Å². The molecule has 3 heterocycles. The van der Waals surface area contributed by atoms with Gasteiger partial charge in [0.15, 0.2) is 6.23 Å². The van der Waals surface area contributed by atoms with Crippen LogP contribution in [0.15, 0.2) is 73.8 Å². The van der Waals surface area contributed by atoms with E-state index in [0.29, 0.717) is 16.9 Å². The van der Waals surface area contributed by atoms with Gasteiger partial charge < -0.3 is 15.8 Å². The molecule has 39 heavy (non-hydrogen) atoms.